The second kappa shape index (κ2) is 8.25. The lowest BCUT2D eigenvalue weighted by Gasteiger charge is -2.12. The van der Waals surface area contributed by atoms with Gasteiger partial charge in [0, 0.05) is 25.4 Å². The van der Waals surface area contributed by atoms with Crippen molar-refractivity contribution >= 4 is 11.9 Å². The van der Waals surface area contributed by atoms with Gasteiger partial charge in [-0.2, -0.15) is 0 Å². The number of carbonyl (C=O) groups is 2. The minimum atomic E-state index is -0.995. The number of carboxylic acid groups (broad SMARTS) is 1. The molecule has 1 aromatic carbocycles. The molecule has 0 saturated heterocycles. The molecule has 0 aliphatic rings. The Balaban J connectivity index is 2.13. The first kappa shape index (κ1) is 18.4. The van der Waals surface area contributed by atoms with Crippen molar-refractivity contribution in [2.45, 2.75) is 6.54 Å². The molecule has 1 aromatic heterocycles. The summed E-state index contributed by atoms with van der Waals surface area (Å²) < 4.78 is 1.34. The summed E-state index contributed by atoms with van der Waals surface area (Å²) in [6, 6.07) is 9.39. The summed E-state index contributed by atoms with van der Waals surface area (Å²) in [5.74, 6) is -1.23. The fraction of sp³-hybridized carbons (Fsp3) is 0.278. The van der Waals surface area contributed by atoms with Gasteiger partial charge in [0.25, 0.3) is 5.56 Å². The van der Waals surface area contributed by atoms with Gasteiger partial charge in [0.15, 0.2) is 0 Å². The summed E-state index contributed by atoms with van der Waals surface area (Å²) in [6.07, 6.45) is 1.60. The number of hydrogen-bond donors (Lipinski definition) is 2. The van der Waals surface area contributed by atoms with Gasteiger partial charge in [0.2, 0.25) is 5.91 Å². The number of hydrogen-bond acceptors (Lipinski definition) is 4. The highest BCUT2D eigenvalue weighted by Crippen LogP contribution is 2.18. The van der Waals surface area contributed by atoms with Gasteiger partial charge >= 0.3 is 5.97 Å². The molecule has 2 rings (SSSR count). The standard InChI is InChI=1S/C18H21N3O4/c1-20(2)10-9-19-16(22)12-21-11-15(7-8-17(21)23)13-3-5-14(6-4-13)18(24)25/h3-8,11H,9-10,12H2,1-2H3,(H,19,22)(H,24,25). The van der Waals surface area contributed by atoms with Crippen LogP contribution in [0.25, 0.3) is 11.1 Å². The minimum absolute atomic E-state index is 0.0622. The lowest BCUT2D eigenvalue weighted by Crippen LogP contribution is -2.35. The molecule has 0 atom stereocenters. The van der Waals surface area contributed by atoms with Crippen LogP contribution in [0.4, 0.5) is 0 Å². The van der Waals surface area contributed by atoms with Crippen LogP contribution in [0.3, 0.4) is 0 Å². The number of nitrogens with zero attached hydrogens (tertiary/aromatic N) is 2. The summed E-state index contributed by atoms with van der Waals surface area (Å²) in [4.78, 5) is 36.8. The molecule has 0 fully saturated rings. The van der Waals surface area contributed by atoms with Crippen LogP contribution < -0.4 is 10.9 Å². The van der Waals surface area contributed by atoms with E-state index in [2.05, 4.69) is 5.32 Å². The van der Waals surface area contributed by atoms with E-state index in [-0.39, 0.29) is 23.6 Å². The average Bonchev–Trinajstić information content (AvgIpc) is 2.56. The fourth-order valence-electron chi connectivity index (χ4n) is 2.26. The molecule has 132 valence electrons. The van der Waals surface area contributed by atoms with E-state index in [1.54, 1.807) is 24.4 Å². The van der Waals surface area contributed by atoms with Gasteiger partial charge in [-0.1, -0.05) is 12.1 Å². The van der Waals surface area contributed by atoms with E-state index < -0.39 is 5.97 Å². The summed E-state index contributed by atoms with van der Waals surface area (Å²) in [5, 5.41) is 11.7. The first-order valence-corrected chi connectivity index (χ1v) is 7.82. The van der Waals surface area contributed by atoms with Crippen molar-refractivity contribution in [2.24, 2.45) is 0 Å². The van der Waals surface area contributed by atoms with E-state index >= 15 is 0 Å². The molecule has 7 heteroatoms. The maximum atomic E-state index is 12.0. The number of nitrogens with one attached hydrogen (secondary N) is 1. The van der Waals surface area contributed by atoms with Gasteiger partial charge in [0.1, 0.15) is 6.54 Å². The number of carboxylic acids is 1. The minimum Gasteiger partial charge on any atom is -0.478 e. The molecule has 1 heterocycles. The van der Waals surface area contributed by atoms with Gasteiger partial charge in [-0.3, -0.25) is 9.59 Å². The maximum absolute atomic E-state index is 12.0. The third-order valence-corrected chi connectivity index (χ3v) is 3.64. The number of aromatic carboxylic acids is 1. The molecule has 0 unspecified atom stereocenters. The SMILES string of the molecule is CN(C)CCNC(=O)Cn1cc(-c2ccc(C(=O)O)cc2)ccc1=O. The number of benzene rings is 1. The second-order valence-electron chi connectivity index (χ2n) is 5.92. The Morgan fingerprint density at radius 3 is 2.32 bits per heavy atom. The molecule has 25 heavy (non-hydrogen) atoms. The van der Waals surface area contributed by atoms with Crippen molar-refractivity contribution in [3.63, 3.8) is 0 Å². The Kier molecular flexibility index (Phi) is 6.08. The molecule has 1 amide bonds. The summed E-state index contributed by atoms with van der Waals surface area (Å²) in [7, 11) is 3.82. The van der Waals surface area contributed by atoms with E-state index in [1.807, 2.05) is 19.0 Å². The van der Waals surface area contributed by atoms with E-state index in [4.69, 9.17) is 5.11 Å². The fourth-order valence-corrected chi connectivity index (χ4v) is 2.26. The van der Waals surface area contributed by atoms with Crippen LogP contribution in [0.1, 0.15) is 10.4 Å². The molecular formula is C18H21N3O4. The predicted molar refractivity (Wildman–Crippen MR) is 94.7 cm³/mol. The zero-order valence-electron chi connectivity index (χ0n) is 14.2. The summed E-state index contributed by atoms with van der Waals surface area (Å²) in [6.45, 7) is 1.17. The smallest absolute Gasteiger partial charge is 0.335 e. The van der Waals surface area contributed by atoms with E-state index in [9.17, 15) is 14.4 Å². The van der Waals surface area contributed by atoms with Crippen LogP contribution in [0.5, 0.6) is 0 Å². The third-order valence-electron chi connectivity index (χ3n) is 3.64. The molecule has 0 bridgehead atoms. The second-order valence-corrected chi connectivity index (χ2v) is 5.92. The highest BCUT2D eigenvalue weighted by atomic mass is 16.4. The van der Waals surface area contributed by atoms with Crippen molar-refractivity contribution in [3.05, 3.63) is 58.5 Å². The highest BCUT2D eigenvalue weighted by Gasteiger charge is 2.07. The quantitative estimate of drug-likeness (QED) is 0.779. The van der Waals surface area contributed by atoms with Crippen molar-refractivity contribution in [2.75, 3.05) is 27.2 Å². The molecule has 0 aliphatic heterocycles. The van der Waals surface area contributed by atoms with Crippen LogP contribution in [0.2, 0.25) is 0 Å². The number of pyridine rings is 1. The highest BCUT2D eigenvalue weighted by molar-refractivity contribution is 5.88. The van der Waals surface area contributed by atoms with Gasteiger partial charge in [0.05, 0.1) is 5.56 Å². The largest absolute Gasteiger partial charge is 0.478 e. The normalized spacial score (nSPS) is 10.7. The molecular weight excluding hydrogens is 322 g/mol. The molecule has 0 aliphatic carbocycles. The molecule has 0 saturated carbocycles. The molecule has 7 nitrogen and oxygen atoms in total. The Labute approximate surface area is 145 Å². The Morgan fingerprint density at radius 1 is 1.08 bits per heavy atom. The van der Waals surface area contributed by atoms with Crippen molar-refractivity contribution < 1.29 is 14.7 Å². The first-order valence-electron chi connectivity index (χ1n) is 7.82. The van der Waals surface area contributed by atoms with Crippen LogP contribution in [-0.2, 0) is 11.3 Å². The topological polar surface area (TPSA) is 91.6 Å². The molecule has 0 radical (unpaired) electrons. The maximum Gasteiger partial charge on any atom is 0.335 e. The van der Waals surface area contributed by atoms with Gasteiger partial charge in [-0.15, -0.1) is 0 Å². The van der Waals surface area contributed by atoms with Crippen LogP contribution in [0.15, 0.2) is 47.4 Å². The van der Waals surface area contributed by atoms with Crippen molar-refractivity contribution in [3.8, 4) is 11.1 Å². The molecule has 2 N–H and O–H groups in total. The molecule has 0 spiro atoms. The lowest BCUT2D eigenvalue weighted by molar-refractivity contribution is -0.121. The summed E-state index contributed by atoms with van der Waals surface area (Å²) in [5.41, 5.74) is 1.43. The Bertz CT molecular complexity index is 810. The number of aromatic nitrogens is 1. The number of likely N-dealkylation sites (N-methyl/N-ethyl adjacent to an activating group) is 1. The zero-order chi connectivity index (χ0) is 18.4. The monoisotopic (exact) mass is 343 g/mol. The van der Waals surface area contributed by atoms with E-state index in [1.165, 1.54) is 22.8 Å². The van der Waals surface area contributed by atoms with Crippen LogP contribution >= 0.6 is 0 Å². The van der Waals surface area contributed by atoms with Crippen LogP contribution in [-0.4, -0.2) is 53.6 Å². The Morgan fingerprint density at radius 2 is 1.72 bits per heavy atom. The summed E-state index contributed by atoms with van der Waals surface area (Å²) >= 11 is 0. The Hall–Kier alpha value is -2.93. The van der Waals surface area contributed by atoms with Crippen molar-refractivity contribution in [1.82, 2.24) is 14.8 Å². The first-order chi connectivity index (χ1) is 11.9. The average molecular weight is 343 g/mol. The molecule has 2 aromatic rings. The number of rotatable bonds is 7. The van der Waals surface area contributed by atoms with E-state index in [0.717, 1.165) is 17.7 Å². The van der Waals surface area contributed by atoms with Gasteiger partial charge < -0.3 is 19.9 Å². The zero-order valence-corrected chi connectivity index (χ0v) is 14.2. The van der Waals surface area contributed by atoms with Gasteiger partial charge in [-0.25, -0.2) is 4.79 Å². The number of carbonyl (C=O) groups excluding carboxylic acids is 1. The van der Waals surface area contributed by atoms with Crippen molar-refractivity contribution in [1.29, 1.82) is 0 Å². The van der Waals surface area contributed by atoms with Crippen LogP contribution in [0, 0.1) is 0 Å². The number of amides is 1. The predicted octanol–water partition coefficient (Wildman–Crippen LogP) is 0.891. The van der Waals surface area contributed by atoms with Gasteiger partial charge in [-0.05, 0) is 43.4 Å². The third kappa shape index (κ3) is 5.29. The lowest BCUT2D eigenvalue weighted by atomic mass is 10.1. The van der Waals surface area contributed by atoms with E-state index in [0.29, 0.717) is 6.54 Å².